The Balaban J connectivity index is 0. The van der Waals surface area contributed by atoms with E-state index in [1.54, 1.807) is 0 Å². The third-order valence-electron chi connectivity index (χ3n) is 2.36. The van der Waals surface area contributed by atoms with Gasteiger partial charge in [-0.15, -0.1) is 0 Å². The van der Waals surface area contributed by atoms with Gasteiger partial charge < -0.3 is 15.3 Å². The third kappa shape index (κ3) is 25.1. The molecule has 0 bridgehead atoms. The van der Waals surface area contributed by atoms with Crippen LogP contribution in [0.2, 0.25) is 0 Å². The van der Waals surface area contributed by atoms with Crippen LogP contribution in [0, 0.1) is 0 Å². The normalized spacial score (nSPS) is 9.85. The van der Waals surface area contributed by atoms with Gasteiger partial charge in [-0.05, 0) is 6.42 Å². The van der Waals surface area contributed by atoms with E-state index in [0.29, 0.717) is 18.6 Å². The van der Waals surface area contributed by atoms with Gasteiger partial charge in [0, 0.05) is 18.6 Å². The predicted octanol–water partition coefficient (Wildman–Crippen LogP) is 2.92. The first-order valence-electron chi connectivity index (χ1n) is 6.75. The highest BCUT2D eigenvalue weighted by Crippen LogP contribution is 2.07. The van der Waals surface area contributed by atoms with Crippen molar-refractivity contribution in [2.75, 3.05) is 0 Å². The summed E-state index contributed by atoms with van der Waals surface area (Å²) >= 11 is 0. The number of carboxylic acid groups (broad SMARTS) is 3. The second kappa shape index (κ2) is 15.2. The number of carboxylic acids is 3. The molecule has 0 radical (unpaired) electrons. The van der Waals surface area contributed by atoms with Crippen molar-refractivity contribution in [1.29, 1.82) is 0 Å². The average Bonchev–Trinajstić information content (AvgIpc) is 2.36. The minimum atomic E-state index is -1.26. The standard InChI is InChI=1S/C10H20O2.C4H4O4/c1-2-3-4-5-6-7-8-9-10(11)12;5-3(6)1-2-4(7)8/h2-9H2,1H3,(H,11,12);1-2H,(H,5,6)(H,7,8). The summed E-state index contributed by atoms with van der Waals surface area (Å²) in [4.78, 5) is 29.2. The van der Waals surface area contributed by atoms with Crippen LogP contribution in [0.3, 0.4) is 0 Å². The molecule has 0 aliphatic rings. The average molecular weight is 288 g/mol. The van der Waals surface area contributed by atoms with Crippen LogP contribution in [0.25, 0.3) is 0 Å². The highest BCUT2D eigenvalue weighted by molar-refractivity contribution is 5.89. The number of aliphatic carboxylic acids is 3. The second-order valence-corrected chi connectivity index (χ2v) is 4.27. The molecule has 0 rings (SSSR count). The third-order valence-corrected chi connectivity index (χ3v) is 2.36. The summed E-state index contributed by atoms with van der Waals surface area (Å²) in [5.41, 5.74) is 0. The van der Waals surface area contributed by atoms with Crippen molar-refractivity contribution < 1.29 is 29.7 Å². The summed E-state index contributed by atoms with van der Waals surface area (Å²) in [5.74, 6) is -3.18. The van der Waals surface area contributed by atoms with Crippen molar-refractivity contribution in [3.05, 3.63) is 12.2 Å². The van der Waals surface area contributed by atoms with E-state index in [2.05, 4.69) is 6.92 Å². The van der Waals surface area contributed by atoms with Crippen LogP contribution in [0.1, 0.15) is 58.3 Å². The molecule has 6 nitrogen and oxygen atoms in total. The quantitative estimate of drug-likeness (QED) is 0.421. The Morgan fingerprint density at radius 2 is 1.15 bits per heavy atom. The van der Waals surface area contributed by atoms with Crippen LogP contribution in [-0.2, 0) is 14.4 Å². The fourth-order valence-electron chi connectivity index (χ4n) is 1.38. The molecule has 116 valence electrons. The molecule has 0 aliphatic carbocycles. The zero-order valence-corrected chi connectivity index (χ0v) is 11.9. The molecule has 0 fully saturated rings. The Morgan fingerprint density at radius 3 is 1.50 bits per heavy atom. The molecule has 0 saturated heterocycles. The van der Waals surface area contributed by atoms with Gasteiger partial charge in [0.2, 0.25) is 0 Å². The largest absolute Gasteiger partial charge is 0.481 e. The van der Waals surface area contributed by atoms with Crippen LogP contribution in [0.15, 0.2) is 12.2 Å². The van der Waals surface area contributed by atoms with Gasteiger partial charge in [-0.1, -0.05) is 45.4 Å². The van der Waals surface area contributed by atoms with Gasteiger partial charge in [0.1, 0.15) is 0 Å². The maximum absolute atomic E-state index is 10.1. The van der Waals surface area contributed by atoms with Gasteiger partial charge in [-0.2, -0.15) is 0 Å². The minimum Gasteiger partial charge on any atom is -0.481 e. The van der Waals surface area contributed by atoms with Crippen LogP contribution in [0.4, 0.5) is 0 Å². The number of unbranched alkanes of at least 4 members (excludes halogenated alkanes) is 6. The Morgan fingerprint density at radius 1 is 0.750 bits per heavy atom. The topological polar surface area (TPSA) is 112 Å². The maximum atomic E-state index is 10.1. The van der Waals surface area contributed by atoms with E-state index >= 15 is 0 Å². The summed E-state index contributed by atoms with van der Waals surface area (Å²) in [7, 11) is 0. The van der Waals surface area contributed by atoms with Gasteiger partial charge in [-0.3, -0.25) is 4.79 Å². The fraction of sp³-hybridized carbons (Fsp3) is 0.643. The summed E-state index contributed by atoms with van der Waals surface area (Å²) < 4.78 is 0. The Kier molecular flexibility index (Phi) is 15.6. The molecule has 0 amide bonds. The van der Waals surface area contributed by atoms with E-state index in [1.165, 1.54) is 32.1 Å². The first-order valence-corrected chi connectivity index (χ1v) is 6.75. The lowest BCUT2D eigenvalue weighted by Gasteiger charge is -1.98. The molecule has 0 aliphatic heterocycles. The zero-order valence-electron chi connectivity index (χ0n) is 11.9. The molecule has 0 saturated carbocycles. The smallest absolute Gasteiger partial charge is 0.328 e. The molecular formula is C14H24O6. The monoisotopic (exact) mass is 288 g/mol. The Labute approximate surface area is 119 Å². The second-order valence-electron chi connectivity index (χ2n) is 4.27. The van der Waals surface area contributed by atoms with Crippen LogP contribution in [-0.4, -0.2) is 33.2 Å². The highest BCUT2D eigenvalue weighted by Gasteiger charge is 1.95. The molecule has 6 heteroatoms. The molecule has 0 aromatic heterocycles. The lowest BCUT2D eigenvalue weighted by atomic mass is 10.1. The van der Waals surface area contributed by atoms with Gasteiger partial charge in [0.15, 0.2) is 0 Å². The summed E-state index contributed by atoms with van der Waals surface area (Å²) in [6.45, 7) is 2.20. The lowest BCUT2D eigenvalue weighted by molar-refractivity contribution is -0.137. The fourth-order valence-corrected chi connectivity index (χ4v) is 1.38. The SMILES string of the molecule is CCCCCCCCCC(=O)O.O=C(O)C=CC(=O)O. The number of hydrogen-bond donors (Lipinski definition) is 3. The van der Waals surface area contributed by atoms with Crippen LogP contribution in [0.5, 0.6) is 0 Å². The molecule has 3 N–H and O–H groups in total. The number of carbonyl (C=O) groups is 3. The molecule has 0 atom stereocenters. The van der Waals surface area contributed by atoms with Crippen LogP contribution >= 0.6 is 0 Å². The van der Waals surface area contributed by atoms with Crippen molar-refractivity contribution in [2.24, 2.45) is 0 Å². The highest BCUT2D eigenvalue weighted by atomic mass is 16.4. The molecular weight excluding hydrogens is 264 g/mol. The Hall–Kier alpha value is -1.85. The molecule has 0 unspecified atom stereocenters. The molecule has 0 aromatic carbocycles. The first kappa shape index (κ1) is 20.5. The van der Waals surface area contributed by atoms with Crippen LogP contribution < -0.4 is 0 Å². The number of hydrogen-bond acceptors (Lipinski definition) is 3. The van der Waals surface area contributed by atoms with Crippen molar-refractivity contribution in [3.8, 4) is 0 Å². The van der Waals surface area contributed by atoms with E-state index in [4.69, 9.17) is 15.3 Å². The maximum Gasteiger partial charge on any atom is 0.328 e. The van der Waals surface area contributed by atoms with Crippen molar-refractivity contribution in [2.45, 2.75) is 58.3 Å². The van der Waals surface area contributed by atoms with Gasteiger partial charge in [0.05, 0.1) is 0 Å². The zero-order chi connectivity index (χ0) is 15.8. The van der Waals surface area contributed by atoms with Gasteiger partial charge in [0.25, 0.3) is 0 Å². The van der Waals surface area contributed by atoms with Gasteiger partial charge >= 0.3 is 17.9 Å². The molecule has 0 heterocycles. The first-order chi connectivity index (χ1) is 9.40. The summed E-state index contributed by atoms with van der Waals surface area (Å²) in [6, 6.07) is 0. The molecule has 0 aromatic rings. The van der Waals surface area contributed by atoms with E-state index < -0.39 is 17.9 Å². The molecule has 20 heavy (non-hydrogen) atoms. The lowest BCUT2D eigenvalue weighted by Crippen LogP contribution is -1.93. The summed E-state index contributed by atoms with van der Waals surface area (Å²) in [5, 5.41) is 24.0. The molecule has 0 spiro atoms. The minimum absolute atomic E-state index is 0.341. The van der Waals surface area contributed by atoms with E-state index in [-0.39, 0.29) is 0 Å². The van der Waals surface area contributed by atoms with E-state index in [0.717, 1.165) is 12.8 Å². The van der Waals surface area contributed by atoms with E-state index in [1.807, 2.05) is 0 Å². The summed E-state index contributed by atoms with van der Waals surface area (Å²) in [6.07, 6.45) is 9.76. The van der Waals surface area contributed by atoms with Crippen molar-refractivity contribution in [3.63, 3.8) is 0 Å². The van der Waals surface area contributed by atoms with E-state index in [9.17, 15) is 14.4 Å². The predicted molar refractivity (Wildman–Crippen MR) is 74.7 cm³/mol. The van der Waals surface area contributed by atoms with Gasteiger partial charge in [-0.25, -0.2) is 9.59 Å². The van der Waals surface area contributed by atoms with Crippen molar-refractivity contribution in [1.82, 2.24) is 0 Å². The van der Waals surface area contributed by atoms with Crippen molar-refractivity contribution >= 4 is 17.9 Å². The number of rotatable bonds is 10. The Bertz CT molecular complexity index is 293.